The molecule has 0 aromatic heterocycles. The molecule has 106 valence electrons. The molecule has 3 heteroatoms. The van der Waals surface area contributed by atoms with E-state index in [1.54, 1.807) is 6.07 Å². The Kier molecular flexibility index (Phi) is 5.64. The number of halogens is 1. The van der Waals surface area contributed by atoms with Gasteiger partial charge in [0.2, 0.25) is 0 Å². The summed E-state index contributed by atoms with van der Waals surface area (Å²) >= 11 is 0. The predicted octanol–water partition coefficient (Wildman–Crippen LogP) is 3.83. The van der Waals surface area contributed by atoms with Crippen molar-refractivity contribution in [2.45, 2.75) is 51.5 Å². The van der Waals surface area contributed by atoms with Crippen molar-refractivity contribution >= 4 is 0 Å². The zero-order valence-electron chi connectivity index (χ0n) is 11.8. The number of ether oxygens (including phenoxy) is 1. The van der Waals surface area contributed by atoms with E-state index >= 15 is 0 Å². The minimum absolute atomic E-state index is 0.239. The summed E-state index contributed by atoms with van der Waals surface area (Å²) in [6.45, 7) is 3.37. The van der Waals surface area contributed by atoms with Crippen LogP contribution in [0, 0.1) is 12.7 Å². The van der Waals surface area contributed by atoms with Crippen molar-refractivity contribution in [2.24, 2.45) is 0 Å². The highest BCUT2D eigenvalue weighted by Crippen LogP contribution is 2.19. The van der Waals surface area contributed by atoms with Crippen LogP contribution in [0.4, 0.5) is 4.39 Å². The maximum absolute atomic E-state index is 13.1. The molecule has 0 spiro atoms. The molecule has 1 fully saturated rings. The van der Waals surface area contributed by atoms with Crippen LogP contribution in [0.5, 0.6) is 5.75 Å². The normalized spacial score (nSPS) is 17.2. The molecule has 1 aliphatic carbocycles. The van der Waals surface area contributed by atoms with Crippen molar-refractivity contribution in [1.82, 2.24) is 5.32 Å². The summed E-state index contributed by atoms with van der Waals surface area (Å²) < 4.78 is 18.7. The summed E-state index contributed by atoms with van der Waals surface area (Å²) in [6, 6.07) is 5.32. The molecule has 1 aromatic carbocycles. The van der Waals surface area contributed by atoms with E-state index in [0.717, 1.165) is 12.1 Å². The zero-order chi connectivity index (χ0) is 13.5. The van der Waals surface area contributed by atoms with E-state index in [-0.39, 0.29) is 5.82 Å². The first-order valence-electron chi connectivity index (χ1n) is 7.38. The van der Waals surface area contributed by atoms with Crippen molar-refractivity contribution < 1.29 is 9.13 Å². The maximum atomic E-state index is 13.1. The van der Waals surface area contributed by atoms with Crippen molar-refractivity contribution in [3.63, 3.8) is 0 Å². The van der Waals surface area contributed by atoms with Gasteiger partial charge in [-0.2, -0.15) is 0 Å². The van der Waals surface area contributed by atoms with Gasteiger partial charge in [-0.25, -0.2) is 4.39 Å². The molecule has 0 amide bonds. The van der Waals surface area contributed by atoms with Gasteiger partial charge in [-0.05, 0) is 31.4 Å². The van der Waals surface area contributed by atoms with Gasteiger partial charge in [0.1, 0.15) is 18.2 Å². The Morgan fingerprint density at radius 1 is 1.21 bits per heavy atom. The molecule has 2 rings (SSSR count). The van der Waals surface area contributed by atoms with Crippen LogP contribution < -0.4 is 10.1 Å². The molecule has 2 nitrogen and oxygen atoms in total. The van der Waals surface area contributed by atoms with Crippen molar-refractivity contribution in [3.05, 3.63) is 29.6 Å². The lowest BCUT2D eigenvalue weighted by atomic mass is 10.1. The Hall–Kier alpha value is -1.09. The van der Waals surface area contributed by atoms with Gasteiger partial charge in [0, 0.05) is 18.7 Å². The number of hydrogen-bond acceptors (Lipinski definition) is 2. The van der Waals surface area contributed by atoms with E-state index in [4.69, 9.17) is 4.74 Å². The van der Waals surface area contributed by atoms with Crippen molar-refractivity contribution in [3.8, 4) is 5.75 Å². The summed E-state index contributed by atoms with van der Waals surface area (Å²) in [4.78, 5) is 0. The highest BCUT2D eigenvalue weighted by molar-refractivity contribution is 5.32. The number of rotatable bonds is 5. The second kappa shape index (κ2) is 7.49. The Balaban J connectivity index is 1.69. The molecule has 0 heterocycles. The SMILES string of the molecule is Cc1ccc(F)cc1OCCNC1CCCCCC1. The summed E-state index contributed by atoms with van der Waals surface area (Å²) in [5, 5.41) is 3.55. The lowest BCUT2D eigenvalue weighted by molar-refractivity contribution is 0.297. The van der Waals surface area contributed by atoms with Gasteiger partial charge in [0.15, 0.2) is 0 Å². The second-order valence-electron chi connectivity index (χ2n) is 5.40. The molecule has 0 unspecified atom stereocenters. The standard InChI is InChI=1S/C16H24FNO/c1-13-8-9-14(17)12-16(13)19-11-10-18-15-6-4-2-3-5-7-15/h8-9,12,15,18H,2-7,10-11H2,1H3. The Morgan fingerprint density at radius 2 is 1.95 bits per heavy atom. The van der Waals surface area contributed by atoms with Gasteiger partial charge in [-0.15, -0.1) is 0 Å². The lowest BCUT2D eigenvalue weighted by Crippen LogP contribution is -2.32. The number of benzene rings is 1. The molecule has 1 saturated carbocycles. The summed E-state index contributed by atoms with van der Waals surface area (Å²) in [5.41, 5.74) is 0.982. The van der Waals surface area contributed by atoms with Gasteiger partial charge < -0.3 is 10.1 Å². The van der Waals surface area contributed by atoms with Gasteiger partial charge in [0.05, 0.1) is 0 Å². The molecule has 1 N–H and O–H groups in total. The largest absolute Gasteiger partial charge is 0.492 e. The quantitative estimate of drug-likeness (QED) is 0.645. The van der Waals surface area contributed by atoms with Gasteiger partial charge in [-0.3, -0.25) is 0 Å². The fourth-order valence-corrected chi connectivity index (χ4v) is 2.64. The average molecular weight is 265 g/mol. The molecule has 0 bridgehead atoms. The summed E-state index contributed by atoms with van der Waals surface area (Å²) in [7, 11) is 0. The number of aryl methyl sites for hydroxylation is 1. The van der Waals surface area contributed by atoms with Crippen LogP contribution in [0.1, 0.15) is 44.1 Å². The summed E-state index contributed by atoms with van der Waals surface area (Å²) in [5.74, 6) is 0.417. The van der Waals surface area contributed by atoms with Gasteiger partial charge >= 0.3 is 0 Å². The Morgan fingerprint density at radius 3 is 2.68 bits per heavy atom. The third-order valence-corrected chi connectivity index (χ3v) is 3.80. The minimum Gasteiger partial charge on any atom is -0.492 e. The van der Waals surface area contributed by atoms with Crippen LogP contribution >= 0.6 is 0 Å². The monoisotopic (exact) mass is 265 g/mol. The first-order chi connectivity index (χ1) is 9.25. The first kappa shape index (κ1) is 14.3. The topological polar surface area (TPSA) is 21.3 Å². The molecule has 0 atom stereocenters. The molecule has 1 aliphatic rings. The molecular weight excluding hydrogens is 241 g/mol. The third-order valence-electron chi connectivity index (χ3n) is 3.80. The van der Waals surface area contributed by atoms with Crippen LogP contribution in [-0.2, 0) is 0 Å². The molecule has 19 heavy (non-hydrogen) atoms. The van der Waals surface area contributed by atoms with Gasteiger partial charge in [0.25, 0.3) is 0 Å². The predicted molar refractivity (Wildman–Crippen MR) is 76.1 cm³/mol. The summed E-state index contributed by atoms with van der Waals surface area (Å²) in [6.07, 6.45) is 7.97. The van der Waals surface area contributed by atoms with Crippen LogP contribution in [0.25, 0.3) is 0 Å². The van der Waals surface area contributed by atoms with Crippen LogP contribution in [-0.4, -0.2) is 19.2 Å². The van der Waals surface area contributed by atoms with E-state index in [1.807, 2.05) is 6.92 Å². The molecular formula is C16H24FNO. The number of nitrogens with one attached hydrogen (secondary N) is 1. The average Bonchev–Trinajstić information content (AvgIpc) is 2.67. The smallest absolute Gasteiger partial charge is 0.126 e. The lowest BCUT2D eigenvalue weighted by Gasteiger charge is -2.16. The molecule has 1 aromatic rings. The Bertz CT molecular complexity index is 386. The molecule has 0 aliphatic heterocycles. The maximum Gasteiger partial charge on any atom is 0.126 e. The number of hydrogen-bond donors (Lipinski definition) is 1. The van der Waals surface area contributed by atoms with Crippen LogP contribution in [0.2, 0.25) is 0 Å². The van der Waals surface area contributed by atoms with E-state index in [0.29, 0.717) is 18.4 Å². The fourth-order valence-electron chi connectivity index (χ4n) is 2.64. The zero-order valence-corrected chi connectivity index (χ0v) is 11.8. The van der Waals surface area contributed by atoms with Gasteiger partial charge in [-0.1, -0.05) is 31.7 Å². The van der Waals surface area contributed by atoms with E-state index < -0.39 is 0 Å². The van der Waals surface area contributed by atoms with Crippen molar-refractivity contribution in [2.75, 3.05) is 13.2 Å². The van der Waals surface area contributed by atoms with Crippen molar-refractivity contribution in [1.29, 1.82) is 0 Å². The highest BCUT2D eigenvalue weighted by atomic mass is 19.1. The Labute approximate surface area is 115 Å². The second-order valence-corrected chi connectivity index (χ2v) is 5.40. The van der Waals surface area contributed by atoms with E-state index in [1.165, 1.54) is 50.7 Å². The highest BCUT2D eigenvalue weighted by Gasteiger charge is 2.11. The minimum atomic E-state index is -0.239. The first-order valence-corrected chi connectivity index (χ1v) is 7.38. The third kappa shape index (κ3) is 4.83. The molecule has 0 saturated heterocycles. The van der Waals surface area contributed by atoms with E-state index in [9.17, 15) is 4.39 Å². The van der Waals surface area contributed by atoms with Crippen LogP contribution in [0.3, 0.4) is 0 Å². The van der Waals surface area contributed by atoms with E-state index in [2.05, 4.69) is 5.32 Å². The molecule has 0 radical (unpaired) electrons. The fraction of sp³-hybridized carbons (Fsp3) is 0.625. The van der Waals surface area contributed by atoms with Crippen LogP contribution in [0.15, 0.2) is 18.2 Å².